The van der Waals surface area contributed by atoms with E-state index in [-0.39, 0.29) is 11.5 Å². The summed E-state index contributed by atoms with van der Waals surface area (Å²) >= 11 is 0. The monoisotopic (exact) mass is 274 g/mol. The first-order chi connectivity index (χ1) is 9.54. The van der Waals surface area contributed by atoms with E-state index in [1.165, 1.54) is 19.3 Å². The van der Waals surface area contributed by atoms with Crippen molar-refractivity contribution in [2.75, 3.05) is 10.6 Å². The van der Waals surface area contributed by atoms with Crippen molar-refractivity contribution in [2.24, 2.45) is 0 Å². The molecule has 0 atom stereocenters. The summed E-state index contributed by atoms with van der Waals surface area (Å²) in [7, 11) is 0. The number of nitrogens with one attached hydrogen (secondary N) is 2. The first-order valence-electron chi connectivity index (χ1n) is 5.97. The van der Waals surface area contributed by atoms with Crippen LogP contribution < -0.4 is 10.6 Å². The van der Waals surface area contributed by atoms with Gasteiger partial charge in [-0.1, -0.05) is 6.07 Å². The summed E-state index contributed by atoms with van der Waals surface area (Å²) in [4.78, 5) is 21.7. The second kappa shape index (κ2) is 5.92. The Hall–Kier alpha value is -2.76. The molecule has 2 aromatic rings. The van der Waals surface area contributed by atoms with E-state index in [0.717, 1.165) is 5.69 Å². The molecule has 0 fully saturated rings. The largest absolute Gasteiger partial charge is 0.478 e. The van der Waals surface area contributed by atoms with Crippen molar-refractivity contribution in [3.63, 3.8) is 0 Å². The predicted molar refractivity (Wildman–Crippen MR) is 73.7 cm³/mol. The van der Waals surface area contributed by atoms with Gasteiger partial charge in [0.15, 0.2) is 0 Å². The third-order valence-corrected chi connectivity index (χ3v) is 2.55. The summed E-state index contributed by atoms with van der Waals surface area (Å²) < 4.78 is 5.13. The summed E-state index contributed by atoms with van der Waals surface area (Å²) in [6.07, 6.45) is 1.20. The molecule has 6 heteroatoms. The number of carbonyl (C=O) groups is 2. The average molecular weight is 274 g/mol. The molecule has 2 rings (SSSR count). The Bertz CT molecular complexity index is 634. The van der Waals surface area contributed by atoms with E-state index in [2.05, 4.69) is 10.6 Å². The van der Waals surface area contributed by atoms with Gasteiger partial charge < -0.3 is 20.2 Å². The van der Waals surface area contributed by atoms with Crippen LogP contribution in [-0.4, -0.2) is 17.0 Å². The van der Waals surface area contributed by atoms with Gasteiger partial charge in [-0.25, -0.2) is 4.79 Å². The molecule has 20 heavy (non-hydrogen) atoms. The number of amides is 1. The van der Waals surface area contributed by atoms with Crippen molar-refractivity contribution in [3.8, 4) is 0 Å². The fourth-order valence-electron chi connectivity index (χ4n) is 1.68. The summed E-state index contributed by atoms with van der Waals surface area (Å²) in [5.74, 6) is -0.640. The van der Waals surface area contributed by atoms with Crippen molar-refractivity contribution in [1.29, 1.82) is 0 Å². The first kappa shape index (κ1) is 13.7. The SMILES string of the molecule is CC(=O)Nc1cccc(NCc2cc(C(=O)O)co2)c1. The van der Waals surface area contributed by atoms with Gasteiger partial charge in [0.25, 0.3) is 0 Å². The van der Waals surface area contributed by atoms with E-state index in [9.17, 15) is 9.59 Å². The first-order valence-corrected chi connectivity index (χ1v) is 5.97. The fourth-order valence-corrected chi connectivity index (χ4v) is 1.68. The number of aromatic carboxylic acids is 1. The molecule has 0 aliphatic heterocycles. The lowest BCUT2D eigenvalue weighted by molar-refractivity contribution is -0.114. The van der Waals surface area contributed by atoms with E-state index in [0.29, 0.717) is 18.0 Å². The highest BCUT2D eigenvalue weighted by molar-refractivity contribution is 5.89. The van der Waals surface area contributed by atoms with Crippen LogP contribution in [0.5, 0.6) is 0 Å². The molecule has 0 saturated carbocycles. The minimum absolute atomic E-state index is 0.119. The topological polar surface area (TPSA) is 91.6 Å². The van der Waals surface area contributed by atoms with Gasteiger partial charge in [-0.2, -0.15) is 0 Å². The second-order valence-corrected chi connectivity index (χ2v) is 4.22. The molecule has 1 heterocycles. The zero-order chi connectivity index (χ0) is 14.5. The van der Waals surface area contributed by atoms with E-state index >= 15 is 0 Å². The Kier molecular flexibility index (Phi) is 4.05. The normalized spacial score (nSPS) is 10.1. The number of carboxylic acid groups (broad SMARTS) is 1. The number of carboxylic acids is 1. The minimum Gasteiger partial charge on any atom is -0.478 e. The van der Waals surface area contributed by atoms with Gasteiger partial charge in [-0.05, 0) is 24.3 Å². The summed E-state index contributed by atoms with van der Waals surface area (Å²) in [5, 5.41) is 14.6. The zero-order valence-electron chi connectivity index (χ0n) is 10.8. The minimum atomic E-state index is -1.02. The third kappa shape index (κ3) is 3.61. The summed E-state index contributed by atoms with van der Waals surface area (Å²) in [6.45, 7) is 1.80. The van der Waals surface area contributed by atoms with Crippen molar-refractivity contribution in [3.05, 3.63) is 47.9 Å². The number of benzene rings is 1. The number of hydrogen-bond donors (Lipinski definition) is 3. The molecular formula is C14H14N2O4. The fraction of sp³-hybridized carbons (Fsp3) is 0.143. The van der Waals surface area contributed by atoms with Crippen LogP contribution in [0.25, 0.3) is 0 Å². The van der Waals surface area contributed by atoms with E-state index in [1.807, 2.05) is 6.07 Å². The van der Waals surface area contributed by atoms with Gasteiger partial charge in [0.1, 0.15) is 12.0 Å². The van der Waals surface area contributed by atoms with Gasteiger partial charge in [0.2, 0.25) is 5.91 Å². The van der Waals surface area contributed by atoms with Crippen LogP contribution in [-0.2, 0) is 11.3 Å². The van der Waals surface area contributed by atoms with Gasteiger partial charge in [0, 0.05) is 18.3 Å². The van der Waals surface area contributed by atoms with Crippen molar-refractivity contribution < 1.29 is 19.1 Å². The maximum atomic E-state index is 11.0. The lowest BCUT2D eigenvalue weighted by atomic mass is 10.2. The number of carbonyl (C=O) groups excluding carboxylic acids is 1. The Morgan fingerprint density at radius 3 is 2.65 bits per heavy atom. The molecule has 104 valence electrons. The molecule has 3 N–H and O–H groups in total. The number of furan rings is 1. The van der Waals surface area contributed by atoms with Gasteiger partial charge in [-0.3, -0.25) is 4.79 Å². The molecule has 0 spiro atoms. The van der Waals surface area contributed by atoms with Crippen LogP contribution in [0.1, 0.15) is 23.0 Å². The molecule has 0 radical (unpaired) electrons. The summed E-state index contributed by atoms with van der Waals surface area (Å²) in [5.41, 5.74) is 1.60. The molecule has 1 aromatic carbocycles. The molecule has 1 amide bonds. The van der Waals surface area contributed by atoms with Crippen molar-refractivity contribution in [2.45, 2.75) is 13.5 Å². The van der Waals surface area contributed by atoms with Crippen LogP contribution >= 0.6 is 0 Å². The average Bonchev–Trinajstić information content (AvgIpc) is 2.85. The Morgan fingerprint density at radius 1 is 1.25 bits per heavy atom. The van der Waals surface area contributed by atoms with Crippen molar-refractivity contribution >= 4 is 23.3 Å². The van der Waals surface area contributed by atoms with Crippen molar-refractivity contribution in [1.82, 2.24) is 0 Å². The number of hydrogen-bond acceptors (Lipinski definition) is 4. The number of rotatable bonds is 5. The van der Waals surface area contributed by atoms with Gasteiger partial charge in [-0.15, -0.1) is 0 Å². The van der Waals surface area contributed by atoms with E-state index in [1.54, 1.807) is 18.2 Å². The highest BCUT2D eigenvalue weighted by Gasteiger charge is 2.07. The lowest BCUT2D eigenvalue weighted by Gasteiger charge is -2.07. The smallest absolute Gasteiger partial charge is 0.338 e. The standard InChI is InChI=1S/C14H14N2O4/c1-9(17)16-12-4-2-3-11(6-12)15-7-13-5-10(8-20-13)14(18)19/h2-6,8,15H,7H2,1H3,(H,16,17)(H,18,19). The van der Waals surface area contributed by atoms with E-state index in [4.69, 9.17) is 9.52 Å². The molecule has 0 saturated heterocycles. The molecule has 0 bridgehead atoms. The highest BCUT2D eigenvalue weighted by atomic mass is 16.4. The summed E-state index contributed by atoms with van der Waals surface area (Å²) in [6, 6.07) is 8.67. The molecule has 0 aliphatic carbocycles. The van der Waals surface area contributed by atoms with Crippen LogP contribution in [0.3, 0.4) is 0 Å². The van der Waals surface area contributed by atoms with Crippen LogP contribution in [0.4, 0.5) is 11.4 Å². The molecule has 6 nitrogen and oxygen atoms in total. The van der Waals surface area contributed by atoms with E-state index < -0.39 is 5.97 Å². The maximum absolute atomic E-state index is 11.0. The van der Waals surface area contributed by atoms with Gasteiger partial charge in [0.05, 0.1) is 12.1 Å². The van der Waals surface area contributed by atoms with Crippen LogP contribution in [0, 0.1) is 0 Å². The highest BCUT2D eigenvalue weighted by Crippen LogP contribution is 2.16. The molecular weight excluding hydrogens is 260 g/mol. The third-order valence-electron chi connectivity index (χ3n) is 2.55. The Balaban J connectivity index is 1.99. The van der Waals surface area contributed by atoms with Crippen LogP contribution in [0.15, 0.2) is 41.0 Å². The Labute approximate surface area is 115 Å². The lowest BCUT2D eigenvalue weighted by Crippen LogP contribution is -2.06. The predicted octanol–water partition coefficient (Wildman–Crippen LogP) is 2.55. The Morgan fingerprint density at radius 2 is 2.00 bits per heavy atom. The van der Waals surface area contributed by atoms with Gasteiger partial charge >= 0.3 is 5.97 Å². The second-order valence-electron chi connectivity index (χ2n) is 4.22. The zero-order valence-corrected chi connectivity index (χ0v) is 10.8. The number of anilines is 2. The molecule has 0 aliphatic rings. The van der Waals surface area contributed by atoms with Crippen LogP contribution in [0.2, 0.25) is 0 Å². The molecule has 1 aromatic heterocycles. The molecule has 0 unspecified atom stereocenters. The quantitative estimate of drug-likeness (QED) is 0.779. The maximum Gasteiger partial charge on any atom is 0.338 e.